The number of urea groups is 1. The van der Waals surface area contributed by atoms with Crippen molar-refractivity contribution in [2.24, 2.45) is 0 Å². The highest BCUT2D eigenvalue weighted by atomic mass is 32.2. The number of nitrogens with zero attached hydrogens (tertiary/aromatic N) is 1. The Hall–Kier alpha value is -0.950. The first-order chi connectivity index (χ1) is 7.93. The summed E-state index contributed by atoms with van der Waals surface area (Å²) in [7, 11) is 1.62. The van der Waals surface area contributed by atoms with Gasteiger partial charge in [0.25, 0.3) is 0 Å². The van der Waals surface area contributed by atoms with Crippen molar-refractivity contribution >= 4 is 23.8 Å². The standard InChI is InChI=1S/C10H20N2O4S/c1-7(6-17-3)12(2)10(16)11-8(4-5-13)9(14)15/h7-8,13H,4-6H2,1-3H3,(H,11,16)(H,14,15). The van der Waals surface area contributed by atoms with Gasteiger partial charge in [-0.1, -0.05) is 0 Å². The molecule has 2 unspecified atom stereocenters. The van der Waals surface area contributed by atoms with Crippen LogP contribution < -0.4 is 5.32 Å². The Morgan fingerprint density at radius 3 is 2.47 bits per heavy atom. The van der Waals surface area contributed by atoms with Gasteiger partial charge in [-0.25, -0.2) is 9.59 Å². The molecular weight excluding hydrogens is 244 g/mol. The summed E-state index contributed by atoms with van der Waals surface area (Å²) in [4.78, 5) is 24.0. The van der Waals surface area contributed by atoms with Crippen LogP contribution >= 0.6 is 11.8 Å². The van der Waals surface area contributed by atoms with Crippen molar-refractivity contribution in [1.29, 1.82) is 0 Å². The molecule has 0 aliphatic heterocycles. The Morgan fingerprint density at radius 1 is 1.47 bits per heavy atom. The zero-order valence-corrected chi connectivity index (χ0v) is 11.2. The molecule has 7 heteroatoms. The van der Waals surface area contributed by atoms with Crippen molar-refractivity contribution in [2.45, 2.75) is 25.4 Å². The number of rotatable bonds is 7. The van der Waals surface area contributed by atoms with Crippen molar-refractivity contribution in [3.8, 4) is 0 Å². The molecule has 17 heavy (non-hydrogen) atoms. The van der Waals surface area contributed by atoms with E-state index in [9.17, 15) is 9.59 Å². The summed E-state index contributed by atoms with van der Waals surface area (Å²) in [6.07, 6.45) is 1.94. The molecule has 3 N–H and O–H groups in total. The Labute approximate surface area is 105 Å². The molecule has 100 valence electrons. The van der Waals surface area contributed by atoms with Crippen molar-refractivity contribution in [3.63, 3.8) is 0 Å². The summed E-state index contributed by atoms with van der Waals surface area (Å²) in [5.74, 6) is -0.361. The third kappa shape index (κ3) is 5.78. The van der Waals surface area contributed by atoms with E-state index >= 15 is 0 Å². The van der Waals surface area contributed by atoms with Crippen LogP contribution in [0.3, 0.4) is 0 Å². The number of carbonyl (C=O) groups is 2. The van der Waals surface area contributed by atoms with Gasteiger partial charge in [0.1, 0.15) is 6.04 Å². The Bertz CT molecular complexity index is 263. The normalized spacial score (nSPS) is 13.9. The van der Waals surface area contributed by atoms with Gasteiger partial charge in [0.05, 0.1) is 0 Å². The van der Waals surface area contributed by atoms with E-state index in [0.717, 1.165) is 5.75 Å². The van der Waals surface area contributed by atoms with E-state index in [1.807, 2.05) is 13.2 Å². The van der Waals surface area contributed by atoms with E-state index in [2.05, 4.69) is 5.32 Å². The highest BCUT2D eigenvalue weighted by Crippen LogP contribution is 2.04. The van der Waals surface area contributed by atoms with Crippen molar-refractivity contribution < 1.29 is 19.8 Å². The van der Waals surface area contributed by atoms with Gasteiger partial charge in [-0.15, -0.1) is 0 Å². The third-order valence-electron chi connectivity index (χ3n) is 2.40. The van der Waals surface area contributed by atoms with Crippen LogP contribution in [0.1, 0.15) is 13.3 Å². The lowest BCUT2D eigenvalue weighted by atomic mass is 10.2. The number of thioether (sulfide) groups is 1. The van der Waals surface area contributed by atoms with Gasteiger partial charge in [-0.2, -0.15) is 11.8 Å². The van der Waals surface area contributed by atoms with Gasteiger partial charge < -0.3 is 20.4 Å². The summed E-state index contributed by atoms with van der Waals surface area (Å²) in [5, 5.41) is 19.9. The SMILES string of the molecule is CSCC(C)N(C)C(=O)NC(CCO)C(=O)O. The molecule has 0 fully saturated rings. The monoisotopic (exact) mass is 264 g/mol. The minimum Gasteiger partial charge on any atom is -0.480 e. The summed E-state index contributed by atoms with van der Waals surface area (Å²) in [5.41, 5.74) is 0. The number of nitrogens with one attached hydrogen (secondary N) is 1. The molecule has 0 saturated heterocycles. The topological polar surface area (TPSA) is 89.9 Å². The number of hydrogen-bond acceptors (Lipinski definition) is 4. The van der Waals surface area contributed by atoms with Crippen LogP contribution in [0.4, 0.5) is 4.79 Å². The lowest BCUT2D eigenvalue weighted by Crippen LogP contribution is -2.50. The van der Waals surface area contributed by atoms with Gasteiger partial charge in [0.15, 0.2) is 0 Å². The molecule has 0 spiro atoms. The first-order valence-electron chi connectivity index (χ1n) is 5.30. The lowest BCUT2D eigenvalue weighted by Gasteiger charge is -2.26. The van der Waals surface area contributed by atoms with Gasteiger partial charge in [-0.05, 0) is 13.2 Å². The number of carboxylic acids is 1. The lowest BCUT2D eigenvalue weighted by molar-refractivity contribution is -0.139. The van der Waals surface area contributed by atoms with E-state index in [0.29, 0.717) is 0 Å². The van der Waals surface area contributed by atoms with Crippen LogP contribution in [-0.2, 0) is 4.79 Å². The molecule has 0 aromatic rings. The maximum Gasteiger partial charge on any atom is 0.326 e. The number of aliphatic hydroxyl groups excluding tert-OH is 1. The quantitative estimate of drug-likeness (QED) is 0.612. The summed E-state index contributed by atoms with van der Waals surface area (Å²) in [6.45, 7) is 1.61. The maximum absolute atomic E-state index is 11.7. The van der Waals surface area contributed by atoms with E-state index in [-0.39, 0.29) is 19.1 Å². The molecule has 0 heterocycles. The van der Waals surface area contributed by atoms with Gasteiger partial charge in [0, 0.05) is 31.9 Å². The van der Waals surface area contributed by atoms with Crippen LogP contribution in [0.5, 0.6) is 0 Å². The number of aliphatic carboxylic acids is 1. The van der Waals surface area contributed by atoms with Crippen LogP contribution in [0.2, 0.25) is 0 Å². The zero-order chi connectivity index (χ0) is 13.4. The fraction of sp³-hybridized carbons (Fsp3) is 0.800. The second kappa shape index (κ2) is 8.19. The number of aliphatic hydroxyl groups is 1. The predicted molar refractivity (Wildman–Crippen MR) is 67.3 cm³/mol. The van der Waals surface area contributed by atoms with E-state index in [1.54, 1.807) is 18.8 Å². The Balaban J connectivity index is 4.34. The summed E-state index contributed by atoms with van der Waals surface area (Å²) >= 11 is 1.61. The average Bonchev–Trinajstić information content (AvgIpc) is 2.27. The van der Waals surface area contributed by atoms with E-state index < -0.39 is 18.0 Å². The fourth-order valence-electron chi connectivity index (χ4n) is 1.19. The summed E-state index contributed by atoms with van der Waals surface area (Å²) in [6, 6.07) is -1.46. The molecular formula is C10H20N2O4S. The molecule has 0 aliphatic rings. The van der Waals surface area contributed by atoms with Crippen molar-refractivity contribution in [1.82, 2.24) is 10.2 Å². The first-order valence-corrected chi connectivity index (χ1v) is 6.69. The molecule has 0 aliphatic carbocycles. The first kappa shape index (κ1) is 16.1. The van der Waals surface area contributed by atoms with Crippen LogP contribution in [-0.4, -0.2) is 64.9 Å². The molecule has 2 amide bonds. The zero-order valence-electron chi connectivity index (χ0n) is 10.3. The van der Waals surface area contributed by atoms with Crippen LogP contribution in [0.15, 0.2) is 0 Å². The minimum absolute atomic E-state index is 0.00578. The minimum atomic E-state index is -1.14. The number of amides is 2. The maximum atomic E-state index is 11.7. The smallest absolute Gasteiger partial charge is 0.326 e. The van der Waals surface area contributed by atoms with Gasteiger partial charge in [0.2, 0.25) is 0 Å². The average molecular weight is 264 g/mol. The molecule has 0 rings (SSSR count). The van der Waals surface area contributed by atoms with Crippen molar-refractivity contribution in [2.75, 3.05) is 25.7 Å². The number of carbonyl (C=O) groups excluding carboxylic acids is 1. The molecule has 0 radical (unpaired) electrons. The fourth-order valence-corrected chi connectivity index (χ4v) is 1.90. The van der Waals surface area contributed by atoms with Gasteiger partial charge in [-0.3, -0.25) is 0 Å². The van der Waals surface area contributed by atoms with Crippen LogP contribution in [0.25, 0.3) is 0 Å². The largest absolute Gasteiger partial charge is 0.480 e. The number of carboxylic acid groups (broad SMARTS) is 1. The molecule has 0 bridgehead atoms. The molecule has 0 aromatic heterocycles. The Morgan fingerprint density at radius 2 is 2.06 bits per heavy atom. The number of hydrogen-bond donors (Lipinski definition) is 3. The third-order valence-corrected chi connectivity index (χ3v) is 3.22. The predicted octanol–water partition coefficient (Wildman–Crippen LogP) is 0.215. The Kier molecular flexibility index (Phi) is 7.73. The van der Waals surface area contributed by atoms with E-state index in [4.69, 9.17) is 10.2 Å². The van der Waals surface area contributed by atoms with Crippen LogP contribution in [0, 0.1) is 0 Å². The molecule has 2 atom stereocenters. The molecule has 6 nitrogen and oxygen atoms in total. The van der Waals surface area contributed by atoms with E-state index in [1.165, 1.54) is 4.90 Å². The molecule has 0 aromatic carbocycles. The highest BCUT2D eigenvalue weighted by Gasteiger charge is 2.22. The second-order valence-corrected chi connectivity index (χ2v) is 4.68. The highest BCUT2D eigenvalue weighted by molar-refractivity contribution is 7.98. The summed E-state index contributed by atoms with van der Waals surface area (Å²) < 4.78 is 0. The van der Waals surface area contributed by atoms with Crippen molar-refractivity contribution in [3.05, 3.63) is 0 Å². The molecule has 0 saturated carbocycles. The second-order valence-electron chi connectivity index (χ2n) is 3.77. The van der Waals surface area contributed by atoms with Gasteiger partial charge >= 0.3 is 12.0 Å².